The zero-order chi connectivity index (χ0) is 13.8. The minimum Gasteiger partial charge on any atom is -0.460 e. The van der Waals surface area contributed by atoms with Gasteiger partial charge in [-0.2, -0.15) is 0 Å². The molecule has 0 N–H and O–H groups in total. The largest absolute Gasteiger partial charge is 0.460 e. The molecule has 0 spiro atoms. The van der Waals surface area contributed by atoms with E-state index >= 15 is 0 Å². The van der Waals surface area contributed by atoms with Gasteiger partial charge in [-0.05, 0) is 38.7 Å². The van der Waals surface area contributed by atoms with Gasteiger partial charge in [-0.3, -0.25) is 4.79 Å². The van der Waals surface area contributed by atoms with Crippen LogP contribution in [0.25, 0.3) is 0 Å². The molecule has 1 aromatic rings. The van der Waals surface area contributed by atoms with Crippen molar-refractivity contribution in [3.63, 3.8) is 0 Å². The summed E-state index contributed by atoms with van der Waals surface area (Å²) in [5, 5.41) is 0. The monoisotopic (exact) mass is 248 g/mol. The fourth-order valence-electron chi connectivity index (χ4n) is 1.84. The summed E-state index contributed by atoms with van der Waals surface area (Å²) in [6.07, 6.45) is 0.743. The molecule has 2 heteroatoms. The molecule has 0 bridgehead atoms. The van der Waals surface area contributed by atoms with Gasteiger partial charge >= 0.3 is 5.97 Å². The van der Waals surface area contributed by atoms with Crippen molar-refractivity contribution in [3.05, 3.63) is 35.9 Å². The summed E-state index contributed by atoms with van der Waals surface area (Å²) in [4.78, 5) is 12.2. The van der Waals surface area contributed by atoms with Crippen LogP contribution < -0.4 is 0 Å². The molecule has 0 unspecified atom stereocenters. The maximum atomic E-state index is 12.2. The molecule has 0 saturated heterocycles. The van der Waals surface area contributed by atoms with Crippen LogP contribution in [0.1, 0.15) is 40.2 Å². The highest BCUT2D eigenvalue weighted by molar-refractivity contribution is 5.73. The maximum Gasteiger partial charge on any atom is 0.310 e. The van der Waals surface area contributed by atoms with Crippen molar-refractivity contribution < 1.29 is 9.53 Å². The molecule has 0 saturated carbocycles. The van der Waals surface area contributed by atoms with Gasteiger partial charge in [0.2, 0.25) is 0 Å². The summed E-state index contributed by atoms with van der Waals surface area (Å²) >= 11 is 0. The molecule has 1 aromatic carbocycles. The molecule has 1 atom stereocenters. The molecular formula is C16H24O2. The highest BCUT2D eigenvalue weighted by atomic mass is 16.6. The molecule has 0 heterocycles. The third-order valence-electron chi connectivity index (χ3n) is 2.81. The van der Waals surface area contributed by atoms with Crippen molar-refractivity contribution in [1.29, 1.82) is 0 Å². The molecule has 18 heavy (non-hydrogen) atoms. The highest BCUT2D eigenvalue weighted by Gasteiger charge is 2.27. The van der Waals surface area contributed by atoms with E-state index in [4.69, 9.17) is 4.74 Å². The van der Waals surface area contributed by atoms with Crippen molar-refractivity contribution in [1.82, 2.24) is 0 Å². The smallest absolute Gasteiger partial charge is 0.310 e. The molecule has 0 aromatic heterocycles. The molecule has 100 valence electrons. The minimum atomic E-state index is -0.416. The molecule has 0 aliphatic rings. The summed E-state index contributed by atoms with van der Waals surface area (Å²) in [5.74, 6) is 0.105. The Morgan fingerprint density at radius 3 is 2.17 bits per heavy atom. The molecule has 0 aliphatic carbocycles. The standard InChI is InChI=1S/C16H24O2/c1-12(2)14(15(17)18-16(3,4)5)11-13-9-7-6-8-10-13/h6-10,12,14H,11H2,1-5H3/t14-/m0/s1. The van der Waals surface area contributed by atoms with Crippen LogP contribution in [0, 0.1) is 11.8 Å². The Labute approximate surface area is 110 Å². The zero-order valence-electron chi connectivity index (χ0n) is 12.1. The van der Waals surface area contributed by atoms with Crippen LogP contribution in [0.5, 0.6) is 0 Å². The summed E-state index contributed by atoms with van der Waals surface area (Å²) in [6.45, 7) is 9.86. The maximum absolute atomic E-state index is 12.2. The quantitative estimate of drug-likeness (QED) is 0.757. The summed E-state index contributed by atoms with van der Waals surface area (Å²) in [6, 6.07) is 10.1. The van der Waals surface area contributed by atoms with Crippen molar-refractivity contribution in [2.24, 2.45) is 11.8 Å². The first-order valence-electron chi connectivity index (χ1n) is 6.56. The Morgan fingerprint density at radius 2 is 1.72 bits per heavy atom. The lowest BCUT2D eigenvalue weighted by molar-refractivity contribution is -0.161. The van der Waals surface area contributed by atoms with E-state index in [1.807, 2.05) is 39.0 Å². The van der Waals surface area contributed by atoms with Crippen LogP contribution in [0.2, 0.25) is 0 Å². The molecule has 1 rings (SSSR count). The topological polar surface area (TPSA) is 26.3 Å². The average molecular weight is 248 g/mol. The van der Waals surface area contributed by atoms with E-state index in [1.54, 1.807) is 0 Å². The van der Waals surface area contributed by atoms with Gasteiger partial charge in [-0.15, -0.1) is 0 Å². The van der Waals surface area contributed by atoms with Crippen LogP contribution in [0.3, 0.4) is 0 Å². The second-order valence-electron chi connectivity index (χ2n) is 6.07. The van der Waals surface area contributed by atoms with Crippen LogP contribution in [-0.4, -0.2) is 11.6 Å². The lowest BCUT2D eigenvalue weighted by atomic mass is 9.89. The molecule has 0 fully saturated rings. The van der Waals surface area contributed by atoms with Crippen LogP contribution >= 0.6 is 0 Å². The number of carbonyl (C=O) groups is 1. The van der Waals surface area contributed by atoms with Crippen LogP contribution in [0.4, 0.5) is 0 Å². The fraction of sp³-hybridized carbons (Fsp3) is 0.562. The average Bonchev–Trinajstić information content (AvgIpc) is 2.24. The van der Waals surface area contributed by atoms with E-state index in [2.05, 4.69) is 26.0 Å². The van der Waals surface area contributed by atoms with Crippen molar-refractivity contribution in [3.8, 4) is 0 Å². The Hall–Kier alpha value is -1.31. The number of esters is 1. The summed E-state index contributed by atoms with van der Waals surface area (Å²) in [5.41, 5.74) is 0.767. The SMILES string of the molecule is CC(C)[C@H](Cc1ccccc1)C(=O)OC(C)(C)C. The Morgan fingerprint density at radius 1 is 1.17 bits per heavy atom. The van der Waals surface area contributed by atoms with Gasteiger partial charge in [0.15, 0.2) is 0 Å². The number of carbonyl (C=O) groups excluding carboxylic acids is 1. The van der Waals surface area contributed by atoms with E-state index in [0.717, 1.165) is 6.42 Å². The fourth-order valence-corrected chi connectivity index (χ4v) is 1.84. The number of hydrogen-bond acceptors (Lipinski definition) is 2. The van der Waals surface area contributed by atoms with Gasteiger partial charge in [-0.1, -0.05) is 44.2 Å². The predicted molar refractivity (Wildman–Crippen MR) is 74.3 cm³/mol. The number of hydrogen-bond donors (Lipinski definition) is 0. The molecule has 0 amide bonds. The van der Waals surface area contributed by atoms with E-state index in [1.165, 1.54) is 5.56 Å². The summed E-state index contributed by atoms with van der Waals surface area (Å²) < 4.78 is 5.49. The lowest BCUT2D eigenvalue weighted by Crippen LogP contribution is -2.32. The minimum absolute atomic E-state index is 0.0772. The molecule has 0 aliphatic heterocycles. The second-order valence-corrected chi connectivity index (χ2v) is 6.07. The Bertz CT molecular complexity index is 374. The molecule has 0 radical (unpaired) electrons. The Kier molecular flexibility index (Phi) is 4.94. The zero-order valence-corrected chi connectivity index (χ0v) is 12.1. The first-order chi connectivity index (χ1) is 8.29. The number of benzene rings is 1. The number of ether oxygens (including phenoxy) is 1. The first-order valence-corrected chi connectivity index (χ1v) is 6.56. The first kappa shape index (κ1) is 14.7. The second kappa shape index (κ2) is 6.03. The van der Waals surface area contributed by atoms with E-state index in [9.17, 15) is 4.79 Å². The lowest BCUT2D eigenvalue weighted by Gasteiger charge is -2.26. The van der Waals surface area contributed by atoms with Gasteiger partial charge in [0.05, 0.1) is 5.92 Å². The van der Waals surface area contributed by atoms with Gasteiger partial charge in [0, 0.05) is 0 Å². The van der Waals surface area contributed by atoms with E-state index in [0.29, 0.717) is 0 Å². The van der Waals surface area contributed by atoms with Crippen molar-refractivity contribution in [2.45, 2.75) is 46.6 Å². The number of rotatable bonds is 4. The van der Waals surface area contributed by atoms with Crippen LogP contribution in [0.15, 0.2) is 30.3 Å². The molecular weight excluding hydrogens is 224 g/mol. The third-order valence-corrected chi connectivity index (χ3v) is 2.81. The third kappa shape index (κ3) is 4.91. The summed E-state index contributed by atoms with van der Waals surface area (Å²) in [7, 11) is 0. The van der Waals surface area contributed by atoms with Crippen molar-refractivity contribution in [2.75, 3.05) is 0 Å². The normalized spacial score (nSPS) is 13.4. The highest BCUT2D eigenvalue weighted by Crippen LogP contribution is 2.21. The van der Waals surface area contributed by atoms with E-state index in [-0.39, 0.29) is 17.8 Å². The Balaban J connectivity index is 2.75. The van der Waals surface area contributed by atoms with Gasteiger partial charge in [0.1, 0.15) is 5.60 Å². The predicted octanol–water partition coefficient (Wildman–Crippen LogP) is 3.84. The van der Waals surface area contributed by atoms with Crippen molar-refractivity contribution >= 4 is 5.97 Å². The van der Waals surface area contributed by atoms with Gasteiger partial charge in [-0.25, -0.2) is 0 Å². The van der Waals surface area contributed by atoms with E-state index < -0.39 is 5.60 Å². The molecule has 2 nitrogen and oxygen atoms in total. The van der Waals surface area contributed by atoms with Gasteiger partial charge < -0.3 is 4.74 Å². The van der Waals surface area contributed by atoms with Crippen LogP contribution in [-0.2, 0) is 16.0 Å². The van der Waals surface area contributed by atoms with Gasteiger partial charge in [0.25, 0.3) is 0 Å².